The lowest BCUT2D eigenvalue weighted by Crippen LogP contribution is -2.29. The average molecular weight is 272 g/mol. The van der Waals surface area contributed by atoms with Crippen LogP contribution in [0.1, 0.15) is 12.8 Å². The molecule has 2 heterocycles. The van der Waals surface area contributed by atoms with Gasteiger partial charge in [0.05, 0.1) is 15.6 Å². The topological polar surface area (TPSA) is 63.4 Å². The molecule has 7 heteroatoms. The first-order valence-electron chi connectivity index (χ1n) is 5.31. The summed E-state index contributed by atoms with van der Waals surface area (Å²) in [5.41, 5.74) is 0. The van der Waals surface area contributed by atoms with Crippen molar-refractivity contribution in [1.29, 1.82) is 0 Å². The standard InChI is InChI=1S/C10H12N2O3S2/c13-9(11-4-1-2-5-11)7-17-8-3-6-16-10(8)12(14)15/h3,6H,1-2,4-5,7H2. The predicted molar refractivity (Wildman–Crippen MR) is 67.5 cm³/mol. The molecule has 0 spiro atoms. The normalized spacial score (nSPS) is 15.2. The molecule has 1 saturated heterocycles. The van der Waals surface area contributed by atoms with E-state index in [4.69, 9.17) is 0 Å². The lowest BCUT2D eigenvalue weighted by atomic mass is 10.4. The van der Waals surface area contributed by atoms with Gasteiger partial charge in [0.15, 0.2) is 0 Å². The smallest absolute Gasteiger partial charge is 0.337 e. The van der Waals surface area contributed by atoms with Crippen molar-refractivity contribution in [3.8, 4) is 0 Å². The van der Waals surface area contributed by atoms with Gasteiger partial charge in [-0.3, -0.25) is 14.9 Å². The molecule has 0 N–H and O–H groups in total. The Balaban J connectivity index is 1.90. The number of likely N-dealkylation sites (tertiary alicyclic amines) is 1. The Morgan fingerprint density at radius 3 is 2.88 bits per heavy atom. The van der Waals surface area contributed by atoms with E-state index in [1.165, 1.54) is 11.8 Å². The second-order valence-electron chi connectivity index (χ2n) is 3.72. The number of amides is 1. The van der Waals surface area contributed by atoms with E-state index < -0.39 is 4.92 Å². The summed E-state index contributed by atoms with van der Waals surface area (Å²) in [6.45, 7) is 1.65. The van der Waals surface area contributed by atoms with E-state index in [9.17, 15) is 14.9 Å². The van der Waals surface area contributed by atoms with Gasteiger partial charge in [-0.1, -0.05) is 11.3 Å². The predicted octanol–water partition coefficient (Wildman–Crippen LogP) is 2.37. The number of nitro groups is 1. The molecule has 5 nitrogen and oxygen atoms in total. The molecule has 0 radical (unpaired) electrons. The van der Waals surface area contributed by atoms with Crippen molar-refractivity contribution in [2.45, 2.75) is 17.7 Å². The lowest BCUT2D eigenvalue weighted by molar-refractivity contribution is -0.382. The number of thiophene rings is 1. The van der Waals surface area contributed by atoms with Crippen LogP contribution in [-0.4, -0.2) is 34.6 Å². The van der Waals surface area contributed by atoms with Crippen molar-refractivity contribution in [3.63, 3.8) is 0 Å². The third kappa shape index (κ3) is 2.98. The first-order valence-corrected chi connectivity index (χ1v) is 7.17. The first-order chi connectivity index (χ1) is 8.18. The van der Waals surface area contributed by atoms with Gasteiger partial charge in [0.1, 0.15) is 0 Å². The molecular weight excluding hydrogens is 260 g/mol. The minimum Gasteiger partial charge on any atom is -0.342 e. The molecule has 17 heavy (non-hydrogen) atoms. The molecule has 1 aromatic heterocycles. The Morgan fingerprint density at radius 2 is 2.24 bits per heavy atom. The molecule has 0 aromatic carbocycles. The second-order valence-corrected chi connectivity index (χ2v) is 5.64. The number of nitrogens with zero attached hydrogens (tertiary/aromatic N) is 2. The fraction of sp³-hybridized carbons (Fsp3) is 0.500. The van der Waals surface area contributed by atoms with Gasteiger partial charge in [0, 0.05) is 13.1 Å². The summed E-state index contributed by atoms with van der Waals surface area (Å²) in [6.07, 6.45) is 2.13. The number of rotatable bonds is 4. The zero-order valence-corrected chi connectivity index (χ0v) is 10.8. The summed E-state index contributed by atoms with van der Waals surface area (Å²) >= 11 is 2.35. The van der Waals surface area contributed by atoms with E-state index >= 15 is 0 Å². The largest absolute Gasteiger partial charge is 0.342 e. The van der Waals surface area contributed by atoms with E-state index in [-0.39, 0.29) is 16.7 Å². The van der Waals surface area contributed by atoms with Crippen molar-refractivity contribution < 1.29 is 9.72 Å². The highest BCUT2D eigenvalue weighted by Crippen LogP contribution is 2.34. The molecule has 1 aliphatic rings. The van der Waals surface area contributed by atoms with E-state index in [1.807, 2.05) is 4.90 Å². The van der Waals surface area contributed by atoms with Crippen LogP contribution < -0.4 is 0 Å². The number of hydrogen-bond acceptors (Lipinski definition) is 5. The molecule has 92 valence electrons. The third-order valence-electron chi connectivity index (χ3n) is 2.59. The highest BCUT2D eigenvalue weighted by molar-refractivity contribution is 8.00. The Kier molecular flexibility index (Phi) is 4.01. The number of carbonyl (C=O) groups is 1. The first kappa shape index (κ1) is 12.4. The molecule has 1 fully saturated rings. The van der Waals surface area contributed by atoms with Crippen LogP contribution in [0.4, 0.5) is 5.00 Å². The summed E-state index contributed by atoms with van der Waals surface area (Å²) in [4.78, 5) is 24.5. The minimum absolute atomic E-state index is 0.0768. The van der Waals surface area contributed by atoms with Crippen LogP contribution in [0.2, 0.25) is 0 Å². The van der Waals surface area contributed by atoms with Gasteiger partial charge >= 0.3 is 5.00 Å². The molecule has 1 aromatic rings. The van der Waals surface area contributed by atoms with Crippen molar-refractivity contribution in [3.05, 3.63) is 21.6 Å². The van der Waals surface area contributed by atoms with E-state index in [2.05, 4.69) is 0 Å². The third-order valence-corrected chi connectivity index (χ3v) is 4.61. The second kappa shape index (κ2) is 5.50. The van der Waals surface area contributed by atoms with Gasteiger partial charge < -0.3 is 4.90 Å². The number of thioether (sulfide) groups is 1. The van der Waals surface area contributed by atoms with Gasteiger partial charge in [-0.15, -0.1) is 11.8 Å². The van der Waals surface area contributed by atoms with Gasteiger partial charge in [0.2, 0.25) is 5.91 Å². The van der Waals surface area contributed by atoms with Crippen LogP contribution in [0, 0.1) is 10.1 Å². The zero-order chi connectivity index (χ0) is 12.3. The quantitative estimate of drug-likeness (QED) is 0.479. The molecule has 0 saturated carbocycles. The van der Waals surface area contributed by atoms with Crippen LogP contribution in [0.3, 0.4) is 0 Å². The fourth-order valence-corrected chi connectivity index (χ4v) is 3.56. The van der Waals surface area contributed by atoms with Crippen molar-refractivity contribution in [1.82, 2.24) is 4.90 Å². The maximum Gasteiger partial charge on any atom is 0.337 e. The molecule has 0 unspecified atom stereocenters. The summed E-state index contributed by atoms with van der Waals surface area (Å²) < 4.78 is 0. The molecule has 0 aliphatic carbocycles. The average Bonchev–Trinajstić information content (AvgIpc) is 2.96. The van der Waals surface area contributed by atoms with E-state index in [0.717, 1.165) is 37.3 Å². The summed E-state index contributed by atoms with van der Waals surface area (Å²) in [6, 6.07) is 1.70. The van der Waals surface area contributed by atoms with Crippen molar-refractivity contribution in [2.24, 2.45) is 0 Å². The van der Waals surface area contributed by atoms with Crippen LogP contribution >= 0.6 is 23.1 Å². The Bertz CT molecular complexity index is 427. The van der Waals surface area contributed by atoms with Gasteiger partial charge in [-0.05, 0) is 24.3 Å². The maximum atomic E-state index is 11.8. The number of hydrogen-bond donors (Lipinski definition) is 0. The highest BCUT2D eigenvalue weighted by atomic mass is 32.2. The Hall–Kier alpha value is -1.08. The molecule has 0 atom stereocenters. The minimum atomic E-state index is -0.396. The maximum absolute atomic E-state index is 11.8. The molecule has 1 amide bonds. The van der Waals surface area contributed by atoms with E-state index in [1.54, 1.807) is 11.4 Å². The van der Waals surface area contributed by atoms with Crippen molar-refractivity contribution >= 4 is 34.0 Å². The Morgan fingerprint density at radius 1 is 1.53 bits per heavy atom. The van der Waals surface area contributed by atoms with Crippen LogP contribution in [0.5, 0.6) is 0 Å². The highest BCUT2D eigenvalue weighted by Gasteiger charge is 2.21. The molecule has 0 bridgehead atoms. The summed E-state index contributed by atoms with van der Waals surface area (Å²) in [5.74, 6) is 0.366. The van der Waals surface area contributed by atoms with Crippen molar-refractivity contribution in [2.75, 3.05) is 18.8 Å². The fourth-order valence-electron chi connectivity index (χ4n) is 1.73. The SMILES string of the molecule is O=C(CSc1ccsc1[N+](=O)[O-])N1CCCC1. The van der Waals surface area contributed by atoms with E-state index in [0.29, 0.717) is 4.90 Å². The summed E-state index contributed by atoms with van der Waals surface area (Å²) in [5, 5.41) is 12.5. The molecular formula is C10H12N2O3S2. The van der Waals surface area contributed by atoms with Crippen LogP contribution in [0.15, 0.2) is 16.3 Å². The summed E-state index contributed by atoms with van der Waals surface area (Å²) in [7, 11) is 0. The Labute approximate surface area is 107 Å². The van der Waals surface area contributed by atoms with Gasteiger partial charge in [-0.25, -0.2) is 0 Å². The monoisotopic (exact) mass is 272 g/mol. The van der Waals surface area contributed by atoms with Crippen LogP contribution in [-0.2, 0) is 4.79 Å². The zero-order valence-electron chi connectivity index (χ0n) is 9.13. The van der Waals surface area contributed by atoms with Crippen LogP contribution in [0.25, 0.3) is 0 Å². The van der Waals surface area contributed by atoms with Gasteiger partial charge in [-0.2, -0.15) is 0 Å². The molecule has 2 rings (SSSR count). The molecule has 1 aliphatic heterocycles. The lowest BCUT2D eigenvalue weighted by Gasteiger charge is -2.14. The number of carbonyl (C=O) groups excluding carboxylic acids is 1. The van der Waals surface area contributed by atoms with Gasteiger partial charge in [0.25, 0.3) is 0 Å².